The summed E-state index contributed by atoms with van der Waals surface area (Å²) in [6, 6.07) is 5.37. The fraction of sp³-hybridized carbons (Fsp3) is 0.476. The molecule has 1 aromatic rings. The standard InChI is InChI=1S/C21H26N2O5S/c1-3-4-11-28-16-8-7-15(12-17(16)27-2)13-18-20(25)23(21(26)29-18)14-19(24)22-9-5-6-10-22/h7-8,12-13H,3-6,9-11,14H2,1-2H3/b18-13-. The van der Waals surface area contributed by atoms with Crippen LogP contribution in [-0.4, -0.2) is 60.2 Å². The number of carbonyl (C=O) groups excluding carboxylic acids is 3. The van der Waals surface area contributed by atoms with Crippen molar-refractivity contribution >= 4 is 34.9 Å². The van der Waals surface area contributed by atoms with Crippen molar-refractivity contribution in [3.63, 3.8) is 0 Å². The SMILES string of the molecule is CCCCOc1ccc(/C=C2\SC(=O)N(CC(=O)N3CCCC3)C2=O)cc1OC. The fourth-order valence-electron chi connectivity index (χ4n) is 3.21. The van der Waals surface area contributed by atoms with Crippen LogP contribution < -0.4 is 9.47 Å². The Kier molecular flexibility index (Phi) is 7.19. The first-order chi connectivity index (χ1) is 14.0. The van der Waals surface area contributed by atoms with E-state index in [9.17, 15) is 14.4 Å². The minimum absolute atomic E-state index is 0.179. The number of hydrogen-bond donors (Lipinski definition) is 0. The number of benzene rings is 1. The molecular weight excluding hydrogens is 392 g/mol. The predicted octanol–water partition coefficient (Wildman–Crippen LogP) is 3.53. The van der Waals surface area contributed by atoms with Gasteiger partial charge in [0, 0.05) is 13.1 Å². The van der Waals surface area contributed by atoms with Crippen molar-refractivity contribution in [3.8, 4) is 11.5 Å². The van der Waals surface area contributed by atoms with Crippen LogP contribution in [0.2, 0.25) is 0 Å². The lowest BCUT2D eigenvalue weighted by Crippen LogP contribution is -2.40. The third-order valence-electron chi connectivity index (χ3n) is 4.87. The number of hydrogen-bond acceptors (Lipinski definition) is 6. The van der Waals surface area contributed by atoms with Crippen molar-refractivity contribution in [2.24, 2.45) is 0 Å². The molecule has 0 unspecified atom stereocenters. The molecular formula is C21H26N2O5S. The first-order valence-corrected chi connectivity index (χ1v) is 10.7. The van der Waals surface area contributed by atoms with Crippen molar-refractivity contribution in [3.05, 3.63) is 28.7 Å². The van der Waals surface area contributed by atoms with Crippen LogP contribution in [0.1, 0.15) is 38.2 Å². The lowest BCUT2D eigenvalue weighted by atomic mass is 10.2. The zero-order chi connectivity index (χ0) is 20.8. The minimum atomic E-state index is -0.435. The molecule has 0 N–H and O–H groups in total. The van der Waals surface area contributed by atoms with Gasteiger partial charge in [-0.2, -0.15) is 0 Å². The zero-order valence-corrected chi connectivity index (χ0v) is 17.6. The van der Waals surface area contributed by atoms with Crippen LogP contribution >= 0.6 is 11.8 Å². The highest BCUT2D eigenvalue weighted by Gasteiger charge is 2.37. The molecule has 0 aliphatic carbocycles. The number of unbranched alkanes of at least 4 members (excludes halogenated alkanes) is 1. The van der Waals surface area contributed by atoms with E-state index in [1.165, 1.54) is 0 Å². The fourth-order valence-corrected chi connectivity index (χ4v) is 4.05. The molecule has 2 saturated heterocycles. The minimum Gasteiger partial charge on any atom is -0.493 e. The Morgan fingerprint density at radius 2 is 1.97 bits per heavy atom. The highest BCUT2D eigenvalue weighted by molar-refractivity contribution is 8.18. The Morgan fingerprint density at radius 1 is 1.21 bits per heavy atom. The third-order valence-corrected chi connectivity index (χ3v) is 5.77. The molecule has 0 bridgehead atoms. The smallest absolute Gasteiger partial charge is 0.294 e. The molecule has 0 saturated carbocycles. The maximum absolute atomic E-state index is 12.7. The molecule has 3 rings (SSSR count). The van der Waals surface area contributed by atoms with Crippen LogP contribution in [0.3, 0.4) is 0 Å². The number of ether oxygens (including phenoxy) is 2. The van der Waals surface area contributed by atoms with Crippen LogP contribution in [0.25, 0.3) is 6.08 Å². The number of carbonyl (C=O) groups is 3. The number of nitrogens with zero attached hydrogens (tertiary/aromatic N) is 2. The summed E-state index contributed by atoms with van der Waals surface area (Å²) >= 11 is 0.851. The van der Waals surface area contributed by atoms with Gasteiger partial charge in [-0.15, -0.1) is 0 Å². The van der Waals surface area contributed by atoms with Crippen molar-refractivity contribution < 1.29 is 23.9 Å². The Morgan fingerprint density at radius 3 is 2.66 bits per heavy atom. The summed E-state index contributed by atoms with van der Waals surface area (Å²) in [5.41, 5.74) is 0.723. The first-order valence-electron chi connectivity index (χ1n) is 9.87. The Bertz CT molecular complexity index is 817. The van der Waals surface area contributed by atoms with E-state index >= 15 is 0 Å². The largest absolute Gasteiger partial charge is 0.493 e. The topological polar surface area (TPSA) is 76.2 Å². The van der Waals surface area contributed by atoms with Crippen molar-refractivity contribution in [1.29, 1.82) is 0 Å². The summed E-state index contributed by atoms with van der Waals surface area (Å²) in [6.45, 7) is 3.88. The van der Waals surface area contributed by atoms with Gasteiger partial charge in [0.15, 0.2) is 11.5 Å². The Labute approximate surface area is 175 Å². The van der Waals surface area contributed by atoms with Gasteiger partial charge in [0.05, 0.1) is 18.6 Å². The maximum Gasteiger partial charge on any atom is 0.294 e. The van der Waals surface area contributed by atoms with Crippen LogP contribution in [0.5, 0.6) is 11.5 Å². The summed E-state index contributed by atoms with van der Waals surface area (Å²) in [4.78, 5) is 40.3. The van der Waals surface area contributed by atoms with Crippen LogP contribution in [0, 0.1) is 0 Å². The number of amides is 3. The lowest BCUT2D eigenvalue weighted by Gasteiger charge is -2.18. The van der Waals surface area contributed by atoms with Gasteiger partial charge in [-0.25, -0.2) is 0 Å². The number of thioether (sulfide) groups is 1. The molecule has 1 aromatic carbocycles. The number of rotatable bonds is 8. The average Bonchev–Trinajstić information content (AvgIpc) is 3.34. The van der Waals surface area contributed by atoms with Gasteiger partial charge < -0.3 is 14.4 Å². The van der Waals surface area contributed by atoms with Gasteiger partial charge in [-0.05, 0) is 54.8 Å². The van der Waals surface area contributed by atoms with E-state index in [0.29, 0.717) is 36.1 Å². The van der Waals surface area contributed by atoms with E-state index in [1.807, 2.05) is 6.07 Å². The lowest BCUT2D eigenvalue weighted by molar-refractivity contribution is -0.135. The Balaban J connectivity index is 1.70. The molecule has 3 amide bonds. The summed E-state index contributed by atoms with van der Waals surface area (Å²) in [7, 11) is 1.56. The summed E-state index contributed by atoms with van der Waals surface area (Å²) in [5, 5.41) is -0.416. The van der Waals surface area contributed by atoms with E-state index in [1.54, 1.807) is 30.2 Å². The van der Waals surface area contributed by atoms with Crippen LogP contribution in [0.15, 0.2) is 23.1 Å². The highest BCUT2D eigenvalue weighted by Crippen LogP contribution is 2.34. The van der Waals surface area contributed by atoms with E-state index in [2.05, 4.69) is 6.92 Å². The van der Waals surface area contributed by atoms with Crippen molar-refractivity contribution in [2.45, 2.75) is 32.6 Å². The number of likely N-dealkylation sites (tertiary alicyclic amines) is 1. The van der Waals surface area contributed by atoms with Gasteiger partial charge in [0.2, 0.25) is 5.91 Å². The number of methoxy groups -OCH3 is 1. The molecule has 29 heavy (non-hydrogen) atoms. The molecule has 2 heterocycles. The van der Waals surface area contributed by atoms with Crippen molar-refractivity contribution in [1.82, 2.24) is 9.80 Å². The molecule has 0 aromatic heterocycles. The zero-order valence-electron chi connectivity index (χ0n) is 16.8. The van der Waals surface area contributed by atoms with Gasteiger partial charge in [-0.3, -0.25) is 19.3 Å². The quantitative estimate of drug-likeness (QED) is 0.475. The normalized spacial score (nSPS) is 18.1. The molecule has 7 nitrogen and oxygen atoms in total. The Hall–Kier alpha value is -2.48. The van der Waals surface area contributed by atoms with E-state index < -0.39 is 11.1 Å². The molecule has 0 spiro atoms. The second-order valence-corrected chi connectivity index (χ2v) is 7.96. The summed E-state index contributed by atoms with van der Waals surface area (Å²) in [6.07, 6.45) is 5.56. The van der Waals surface area contributed by atoms with Gasteiger partial charge >= 0.3 is 0 Å². The monoisotopic (exact) mass is 418 g/mol. The van der Waals surface area contributed by atoms with Crippen LogP contribution in [-0.2, 0) is 9.59 Å². The summed E-state index contributed by atoms with van der Waals surface area (Å²) < 4.78 is 11.1. The van der Waals surface area contributed by atoms with Crippen molar-refractivity contribution in [2.75, 3.05) is 33.4 Å². The molecule has 0 radical (unpaired) electrons. The van der Waals surface area contributed by atoms with Crippen LogP contribution in [0.4, 0.5) is 4.79 Å². The third kappa shape index (κ3) is 5.12. The molecule has 156 valence electrons. The molecule has 8 heteroatoms. The number of imide groups is 1. The second-order valence-electron chi connectivity index (χ2n) is 6.97. The van der Waals surface area contributed by atoms with Gasteiger partial charge in [0.1, 0.15) is 6.54 Å². The molecule has 2 fully saturated rings. The van der Waals surface area contributed by atoms with Gasteiger partial charge in [0.25, 0.3) is 11.1 Å². The molecule has 0 atom stereocenters. The first kappa shape index (κ1) is 21.2. The molecule has 2 aliphatic heterocycles. The average molecular weight is 419 g/mol. The predicted molar refractivity (Wildman–Crippen MR) is 112 cm³/mol. The van der Waals surface area contributed by atoms with E-state index in [-0.39, 0.29) is 12.5 Å². The molecule has 2 aliphatic rings. The van der Waals surface area contributed by atoms with E-state index in [4.69, 9.17) is 9.47 Å². The second kappa shape index (κ2) is 9.82. The highest BCUT2D eigenvalue weighted by atomic mass is 32.2. The van der Waals surface area contributed by atoms with Gasteiger partial charge in [-0.1, -0.05) is 19.4 Å². The summed E-state index contributed by atoms with van der Waals surface area (Å²) in [5.74, 6) is 0.594. The maximum atomic E-state index is 12.7. The van der Waals surface area contributed by atoms with E-state index in [0.717, 1.165) is 47.9 Å².